The molecule has 7 heteroatoms. The van der Waals surface area contributed by atoms with Gasteiger partial charge >= 0.3 is 0 Å². The fourth-order valence-electron chi connectivity index (χ4n) is 4.54. The van der Waals surface area contributed by atoms with Crippen LogP contribution in [0.1, 0.15) is 12.8 Å². The fourth-order valence-corrected chi connectivity index (χ4v) is 4.54. The number of hydroxylamine groups is 4. The SMILES string of the molecule is NC1=C(N)C2C1C1CC2C2(C1)CN([O-])ON2[O-]. The van der Waals surface area contributed by atoms with Gasteiger partial charge in [0.1, 0.15) is 0 Å². The molecular formula is C10H14N4O3-2. The third-order valence-electron chi connectivity index (χ3n) is 5.17. The second-order valence-corrected chi connectivity index (χ2v) is 5.70. The van der Waals surface area contributed by atoms with Crippen molar-refractivity contribution in [2.45, 2.75) is 18.4 Å². The lowest BCUT2D eigenvalue weighted by Gasteiger charge is -2.51. The molecule has 4 aliphatic rings. The summed E-state index contributed by atoms with van der Waals surface area (Å²) in [6, 6.07) is 0. The molecule has 7 nitrogen and oxygen atoms in total. The van der Waals surface area contributed by atoms with Crippen molar-refractivity contribution < 1.29 is 4.94 Å². The van der Waals surface area contributed by atoms with Crippen LogP contribution in [0.25, 0.3) is 0 Å². The zero-order valence-corrected chi connectivity index (χ0v) is 9.20. The number of allylic oxidation sites excluding steroid dienone is 2. The monoisotopic (exact) mass is 238 g/mol. The van der Waals surface area contributed by atoms with Crippen LogP contribution in [-0.4, -0.2) is 22.5 Å². The van der Waals surface area contributed by atoms with E-state index in [1.54, 1.807) is 0 Å². The van der Waals surface area contributed by atoms with Crippen molar-refractivity contribution in [1.29, 1.82) is 0 Å². The average molecular weight is 238 g/mol. The molecule has 4 N–H and O–H groups in total. The minimum absolute atomic E-state index is 0.112. The summed E-state index contributed by atoms with van der Waals surface area (Å²) in [6.45, 7) is 0.119. The lowest BCUT2D eigenvalue weighted by molar-refractivity contribution is -0.247. The summed E-state index contributed by atoms with van der Waals surface area (Å²) < 4.78 is 0. The minimum atomic E-state index is -0.696. The van der Waals surface area contributed by atoms with Gasteiger partial charge in [0.2, 0.25) is 0 Å². The maximum atomic E-state index is 11.8. The number of nitrogens with two attached hydrogens (primary N) is 2. The number of hydrogen-bond acceptors (Lipinski definition) is 7. The molecule has 1 heterocycles. The molecule has 0 amide bonds. The van der Waals surface area contributed by atoms with Crippen molar-refractivity contribution in [1.82, 2.24) is 10.5 Å². The van der Waals surface area contributed by atoms with E-state index in [4.69, 9.17) is 11.5 Å². The van der Waals surface area contributed by atoms with Gasteiger partial charge in [0, 0.05) is 29.8 Å². The molecule has 4 rings (SSSR count). The predicted octanol–water partition coefficient (Wildman–Crippen LogP) is -0.400. The Labute approximate surface area is 98.0 Å². The van der Waals surface area contributed by atoms with E-state index in [1.165, 1.54) is 0 Å². The smallest absolute Gasteiger partial charge is 0.0526 e. The molecule has 17 heavy (non-hydrogen) atoms. The highest BCUT2D eigenvalue weighted by molar-refractivity contribution is 5.37. The molecule has 5 atom stereocenters. The van der Waals surface area contributed by atoms with E-state index in [1.807, 2.05) is 0 Å². The molecule has 0 radical (unpaired) electrons. The molecule has 2 bridgehead atoms. The van der Waals surface area contributed by atoms with E-state index in [9.17, 15) is 10.4 Å². The first-order chi connectivity index (χ1) is 8.04. The van der Waals surface area contributed by atoms with E-state index in [0.29, 0.717) is 28.7 Å². The number of nitrogens with zero attached hydrogens (tertiary/aromatic N) is 2. The zero-order valence-electron chi connectivity index (χ0n) is 9.20. The highest BCUT2D eigenvalue weighted by Crippen LogP contribution is 2.66. The summed E-state index contributed by atoms with van der Waals surface area (Å²) in [7, 11) is 0. The first kappa shape index (κ1) is 10.1. The third-order valence-corrected chi connectivity index (χ3v) is 5.17. The van der Waals surface area contributed by atoms with Crippen LogP contribution < -0.4 is 11.5 Å². The zero-order chi connectivity index (χ0) is 11.9. The maximum absolute atomic E-state index is 11.8. The molecule has 1 saturated heterocycles. The van der Waals surface area contributed by atoms with Crippen molar-refractivity contribution in [2.24, 2.45) is 35.1 Å². The highest BCUT2D eigenvalue weighted by Gasteiger charge is 2.67. The molecule has 1 spiro atoms. The normalized spacial score (nSPS) is 53.5. The van der Waals surface area contributed by atoms with Crippen molar-refractivity contribution in [3.63, 3.8) is 0 Å². The van der Waals surface area contributed by atoms with Crippen LogP contribution in [0.4, 0.5) is 0 Å². The minimum Gasteiger partial charge on any atom is -0.761 e. The van der Waals surface area contributed by atoms with Crippen molar-refractivity contribution in [2.75, 3.05) is 6.54 Å². The molecule has 0 aromatic heterocycles. The van der Waals surface area contributed by atoms with Crippen LogP contribution in [0.5, 0.6) is 0 Å². The van der Waals surface area contributed by atoms with Gasteiger partial charge in [-0.3, -0.25) is 0 Å². The number of rotatable bonds is 0. The highest BCUT2D eigenvalue weighted by atomic mass is 17.1. The molecule has 0 aromatic rings. The van der Waals surface area contributed by atoms with Crippen molar-refractivity contribution in [3.8, 4) is 0 Å². The molecule has 5 unspecified atom stereocenters. The molecule has 3 aliphatic carbocycles. The van der Waals surface area contributed by atoms with Gasteiger partial charge < -0.3 is 21.9 Å². The Kier molecular flexibility index (Phi) is 1.64. The van der Waals surface area contributed by atoms with Gasteiger partial charge in [-0.2, -0.15) is 0 Å². The molecule has 1 aliphatic heterocycles. The number of fused-ring (bicyclic) bond motifs is 6. The quantitative estimate of drug-likeness (QED) is 0.590. The van der Waals surface area contributed by atoms with Crippen LogP contribution in [-0.2, 0) is 4.94 Å². The van der Waals surface area contributed by atoms with Gasteiger partial charge in [0.05, 0.1) is 5.54 Å². The van der Waals surface area contributed by atoms with E-state index in [-0.39, 0.29) is 18.4 Å². The molecular weight excluding hydrogens is 224 g/mol. The second-order valence-electron chi connectivity index (χ2n) is 5.70. The Morgan fingerprint density at radius 3 is 2.59 bits per heavy atom. The van der Waals surface area contributed by atoms with Gasteiger partial charge in [-0.25, -0.2) is 15.4 Å². The second kappa shape index (κ2) is 2.76. The summed E-state index contributed by atoms with van der Waals surface area (Å²) in [6.07, 6.45) is 1.61. The Hall–Kier alpha value is -0.860. The average Bonchev–Trinajstić information content (AvgIpc) is 2.88. The van der Waals surface area contributed by atoms with E-state index < -0.39 is 5.54 Å². The van der Waals surface area contributed by atoms with E-state index in [0.717, 1.165) is 17.8 Å². The van der Waals surface area contributed by atoms with Crippen LogP contribution >= 0.6 is 0 Å². The summed E-state index contributed by atoms with van der Waals surface area (Å²) >= 11 is 0. The predicted molar refractivity (Wildman–Crippen MR) is 57.7 cm³/mol. The van der Waals surface area contributed by atoms with Crippen LogP contribution in [0.3, 0.4) is 0 Å². The largest absolute Gasteiger partial charge is 0.761 e. The Bertz CT molecular complexity index is 428. The first-order valence-corrected chi connectivity index (χ1v) is 5.90. The lowest BCUT2D eigenvalue weighted by atomic mass is 9.61. The molecule has 0 aromatic carbocycles. The Morgan fingerprint density at radius 2 is 1.94 bits per heavy atom. The van der Waals surface area contributed by atoms with Crippen LogP contribution in [0, 0.1) is 34.1 Å². The summed E-state index contributed by atoms with van der Waals surface area (Å²) in [4.78, 5) is 4.59. The van der Waals surface area contributed by atoms with Crippen LogP contribution in [0.2, 0.25) is 0 Å². The van der Waals surface area contributed by atoms with Gasteiger partial charge in [-0.15, -0.1) is 0 Å². The maximum Gasteiger partial charge on any atom is 0.0526 e. The van der Waals surface area contributed by atoms with E-state index >= 15 is 0 Å². The van der Waals surface area contributed by atoms with Gasteiger partial charge in [-0.1, -0.05) is 0 Å². The standard InChI is InChI=1S/C10H14N4O3/c11-8-6-4-1-5(7(6)9(8)12)10(2-4)3-13(15)17-14(10)16/h4-7H,1-3,11-12H2/q-2. The Balaban J connectivity index is 1.72. The molecule has 3 fully saturated rings. The summed E-state index contributed by atoms with van der Waals surface area (Å²) in [5, 5.41) is 23.9. The molecule has 94 valence electrons. The Morgan fingerprint density at radius 1 is 1.24 bits per heavy atom. The van der Waals surface area contributed by atoms with Gasteiger partial charge in [-0.05, 0) is 24.7 Å². The van der Waals surface area contributed by atoms with E-state index in [2.05, 4.69) is 4.94 Å². The summed E-state index contributed by atoms with van der Waals surface area (Å²) in [5.74, 6) is 1.00. The fraction of sp³-hybridized carbons (Fsp3) is 0.800. The van der Waals surface area contributed by atoms with Gasteiger partial charge in [0.25, 0.3) is 0 Å². The van der Waals surface area contributed by atoms with Crippen LogP contribution in [0.15, 0.2) is 11.4 Å². The molecule has 2 saturated carbocycles. The topological polar surface area (TPSA) is 114 Å². The first-order valence-electron chi connectivity index (χ1n) is 5.90. The summed E-state index contributed by atoms with van der Waals surface area (Å²) in [5.41, 5.74) is 12.7. The van der Waals surface area contributed by atoms with Gasteiger partial charge in [0.15, 0.2) is 0 Å². The van der Waals surface area contributed by atoms with Crippen molar-refractivity contribution in [3.05, 3.63) is 21.8 Å². The van der Waals surface area contributed by atoms with Crippen molar-refractivity contribution >= 4 is 0 Å². The third kappa shape index (κ3) is 0.926. The number of hydrogen-bond donors (Lipinski definition) is 2. The lowest BCUT2D eigenvalue weighted by Crippen LogP contribution is -2.56.